The predicted octanol–water partition coefficient (Wildman–Crippen LogP) is 3.14. The van der Waals surface area contributed by atoms with Gasteiger partial charge in [-0.1, -0.05) is 24.3 Å². The summed E-state index contributed by atoms with van der Waals surface area (Å²) in [7, 11) is 0. The van der Waals surface area contributed by atoms with Crippen molar-refractivity contribution in [2.75, 3.05) is 13.2 Å². The first kappa shape index (κ1) is 14.0. The van der Waals surface area contributed by atoms with Crippen LogP contribution in [0.1, 0.15) is 26.3 Å². The fraction of sp³-hybridized carbons (Fsp3) is 0.438. The summed E-state index contributed by atoms with van der Waals surface area (Å²) >= 11 is 0. The van der Waals surface area contributed by atoms with Crippen molar-refractivity contribution < 1.29 is 4.74 Å². The van der Waals surface area contributed by atoms with Crippen LogP contribution in [0.5, 0.6) is 0 Å². The Hall–Kier alpha value is -1.45. The van der Waals surface area contributed by atoms with E-state index in [1.165, 1.54) is 10.9 Å². The molecular weight excluding hydrogens is 236 g/mol. The van der Waals surface area contributed by atoms with Gasteiger partial charge in [-0.25, -0.2) is 0 Å². The van der Waals surface area contributed by atoms with Crippen LogP contribution in [0.15, 0.2) is 36.5 Å². The van der Waals surface area contributed by atoms with Crippen LogP contribution in [0, 0.1) is 0 Å². The van der Waals surface area contributed by atoms with E-state index < -0.39 is 0 Å². The van der Waals surface area contributed by atoms with Gasteiger partial charge in [0, 0.05) is 31.3 Å². The minimum absolute atomic E-state index is 0.132. The van der Waals surface area contributed by atoms with Crippen molar-refractivity contribution >= 4 is 10.9 Å². The number of fused-ring (bicyclic) bond motifs is 1. The lowest BCUT2D eigenvalue weighted by Gasteiger charge is -2.25. The molecule has 1 heterocycles. The van der Waals surface area contributed by atoms with Crippen molar-refractivity contribution in [2.45, 2.75) is 32.9 Å². The molecule has 1 aromatic carbocycles. The van der Waals surface area contributed by atoms with Crippen molar-refractivity contribution in [1.29, 1.82) is 0 Å². The van der Waals surface area contributed by atoms with Gasteiger partial charge in [0.05, 0.1) is 11.1 Å². The van der Waals surface area contributed by atoms with Gasteiger partial charge in [0.1, 0.15) is 0 Å². The van der Waals surface area contributed by atoms with Crippen molar-refractivity contribution in [3.63, 3.8) is 0 Å². The number of ether oxygens (including phenoxy) is 1. The van der Waals surface area contributed by atoms with Crippen LogP contribution in [-0.2, 0) is 11.3 Å². The van der Waals surface area contributed by atoms with Crippen LogP contribution in [0.3, 0.4) is 0 Å². The standard InChI is InChI=1S/C16H22N2O/c1-4-19-16(2,3)12-17-11-14-8-5-7-13-9-6-10-18-15(13)14/h5-10,17H,4,11-12H2,1-3H3. The van der Waals surface area contributed by atoms with E-state index in [-0.39, 0.29) is 5.60 Å². The first-order valence-corrected chi connectivity index (χ1v) is 6.80. The number of rotatable bonds is 6. The summed E-state index contributed by atoms with van der Waals surface area (Å²) < 4.78 is 5.68. The summed E-state index contributed by atoms with van der Waals surface area (Å²) in [6.45, 7) is 8.60. The summed E-state index contributed by atoms with van der Waals surface area (Å²) in [5, 5.41) is 4.64. The summed E-state index contributed by atoms with van der Waals surface area (Å²) in [5.41, 5.74) is 2.17. The molecule has 0 amide bonds. The average Bonchev–Trinajstić information content (AvgIpc) is 2.39. The third-order valence-corrected chi connectivity index (χ3v) is 3.12. The molecule has 0 aliphatic carbocycles. The summed E-state index contributed by atoms with van der Waals surface area (Å²) in [5.74, 6) is 0. The lowest BCUT2D eigenvalue weighted by Crippen LogP contribution is -2.37. The highest BCUT2D eigenvalue weighted by molar-refractivity contribution is 5.81. The zero-order valence-electron chi connectivity index (χ0n) is 11.9. The van der Waals surface area contributed by atoms with Gasteiger partial charge in [0.15, 0.2) is 0 Å². The maximum atomic E-state index is 5.68. The van der Waals surface area contributed by atoms with Gasteiger partial charge in [-0.15, -0.1) is 0 Å². The number of para-hydroxylation sites is 1. The molecule has 102 valence electrons. The molecule has 0 radical (unpaired) electrons. The molecule has 0 fully saturated rings. The zero-order valence-corrected chi connectivity index (χ0v) is 11.9. The van der Waals surface area contributed by atoms with Gasteiger partial charge in [-0.05, 0) is 32.4 Å². The fourth-order valence-corrected chi connectivity index (χ4v) is 2.25. The Balaban J connectivity index is 2.02. The smallest absolute Gasteiger partial charge is 0.0750 e. The highest BCUT2D eigenvalue weighted by Crippen LogP contribution is 2.16. The number of pyridine rings is 1. The highest BCUT2D eigenvalue weighted by Gasteiger charge is 2.16. The zero-order chi connectivity index (χ0) is 13.7. The maximum absolute atomic E-state index is 5.68. The molecule has 0 saturated carbocycles. The minimum Gasteiger partial charge on any atom is -0.375 e. The van der Waals surface area contributed by atoms with E-state index in [1.54, 1.807) is 0 Å². The Kier molecular flexibility index (Phi) is 4.51. The molecule has 0 aliphatic heterocycles. The molecule has 3 nitrogen and oxygen atoms in total. The summed E-state index contributed by atoms with van der Waals surface area (Å²) in [6.07, 6.45) is 1.84. The summed E-state index contributed by atoms with van der Waals surface area (Å²) in [6, 6.07) is 10.4. The largest absolute Gasteiger partial charge is 0.375 e. The lowest BCUT2D eigenvalue weighted by molar-refractivity contribution is -0.00896. The Labute approximate surface area is 115 Å². The molecule has 0 saturated heterocycles. The molecule has 1 N–H and O–H groups in total. The number of nitrogens with zero attached hydrogens (tertiary/aromatic N) is 1. The first-order valence-electron chi connectivity index (χ1n) is 6.80. The average molecular weight is 258 g/mol. The molecule has 1 aromatic heterocycles. The van der Waals surface area contributed by atoms with Gasteiger partial charge in [0.25, 0.3) is 0 Å². The third-order valence-electron chi connectivity index (χ3n) is 3.12. The monoisotopic (exact) mass is 258 g/mol. The van der Waals surface area contributed by atoms with Crippen molar-refractivity contribution in [3.8, 4) is 0 Å². The number of hydrogen-bond donors (Lipinski definition) is 1. The lowest BCUT2D eigenvalue weighted by atomic mass is 10.1. The Morgan fingerprint density at radius 2 is 2.00 bits per heavy atom. The predicted molar refractivity (Wildman–Crippen MR) is 79.2 cm³/mol. The van der Waals surface area contributed by atoms with Crippen LogP contribution >= 0.6 is 0 Å². The van der Waals surface area contributed by atoms with E-state index in [4.69, 9.17) is 4.74 Å². The van der Waals surface area contributed by atoms with E-state index in [1.807, 2.05) is 19.2 Å². The summed E-state index contributed by atoms with van der Waals surface area (Å²) in [4.78, 5) is 4.46. The number of hydrogen-bond acceptors (Lipinski definition) is 3. The van der Waals surface area contributed by atoms with Crippen LogP contribution in [0.4, 0.5) is 0 Å². The quantitative estimate of drug-likeness (QED) is 0.864. The topological polar surface area (TPSA) is 34.1 Å². The Morgan fingerprint density at radius 1 is 1.21 bits per heavy atom. The normalized spacial score (nSPS) is 11.9. The van der Waals surface area contributed by atoms with E-state index in [2.05, 4.69) is 48.4 Å². The Bertz CT molecular complexity index is 532. The second kappa shape index (κ2) is 6.13. The van der Waals surface area contributed by atoms with Crippen LogP contribution in [0.25, 0.3) is 10.9 Å². The van der Waals surface area contributed by atoms with Crippen LogP contribution < -0.4 is 5.32 Å². The van der Waals surface area contributed by atoms with Crippen LogP contribution in [-0.4, -0.2) is 23.7 Å². The van der Waals surface area contributed by atoms with E-state index in [0.717, 1.165) is 25.2 Å². The third kappa shape index (κ3) is 3.75. The second-order valence-corrected chi connectivity index (χ2v) is 5.29. The van der Waals surface area contributed by atoms with Gasteiger partial charge in [-0.3, -0.25) is 4.98 Å². The van der Waals surface area contributed by atoms with E-state index >= 15 is 0 Å². The fourth-order valence-electron chi connectivity index (χ4n) is 2.25. The van der Waals surface area contributed by atoms with Crippen molar-refractivity contribution in [3.05, 3.63) is 42.1 Å². The molecule has 0 spiro atoms. The van der Waals surface area contributed by atoms with Crippen LogP contribution in [0.2, 0.25) is 0 Å². The number of benzene rings is 1. The van der Waals surface area contributed by atoms with Gasteiger partial charge >= 0.3 is 0 Å². The van der Waals surface area contributed by atoms with Gasteiger partial charge in [-0.2, -0.15) is 0 Å². The number of aromatic nitrogens is 1. The van der Waals surface area contributed by atoms with Gasteiger partial charge < -0.3 is 10.1 Å². The highest BCUT2D eigenvalue weighted by atomic mass is 16.5. The molecule has 0 atom stereocenters. The van der Waals surface area contributed by atoms with Crippen molar-refractivity contribution in [1.82, 2.24) is 10.3 Å². The van der Waals surface area contributed by atoms with E-state index in [0.29, 0.717) is 0 Å². The minimum atomic E-state index is -0.132. The molecule has 19 heavy (non-hydrogen) atoms. The number of nitrogens with one attached hydrogen (secondary N) is 1. The second-order valence-electron chi connectivity index (χ2n) is 5.29. The molecule has 3 heteroatoms. The maximum Gasteiger partial charge on any atom is 0.0750 e. The Morgan fingerprint density at radius 3 is 2.79 bits per heavy atom. The molecule has 0 aliphatic rings. The first-order chi connectivity index (χ1) is 9.12. The van der Waals surface area contributed by atoms with Gasteiger partial charge in [0.2, 0.25) is 0 Å². The SMILES string of the molecule is CCOC(C)(C)CNCc1cccc2cccnc12. The molecule has 0 bridgehead atoms. The molecular formula is C16H22N2O. The molecule has 0 unspecified atom stereocenters. The molecule has 2 rings (SSSR count). The van der Waals surface area contributed by atoms with Crippen molar-refractivity contribution in [2.24, 2.45) is 0 Å². The van der Waals surface area contributed by atoms with E-state index in [9.17, 15) is 0 Å². The molecule has 2 aromatic rings.